The third-order valence-electron chi connectivity index (χ3n) is 4.40. The number of aromatic nitrogens is 5. The second-order valence-corrected chi connectivity index (χ2v) is 6.56. The van der Waals surface area contributed by atoms with Crippen molar-refractivity contribution in [3.05, 3.63) is 71.5 Å². The Kier molecular flexibility index (Phi) is 5.74. The number of amides is 1. The Morgan fingerprint density at radius 2 is 1.94 bits per heavy atom. The average Bonchev–Trinajstić information content (AvgIpc) is 3.42. The van der Waals surface area contributed by atoms with Crippen molar-refractivity contribution in [1.29, 1.82) is 0 Å². The lowest BCUT2D eigenvalue weighted by Crippen LogP contribution is -2.22. The number of carbonyl (C=O) groups is 1. The standard InChI is InChI=1S/C20H18N8O4/c1-12(13-7-9-14(29)10-8-13)22-24-20(30)17-16(11-31-15-5-3-2-4-6-15)28(27-23-17)19-18(21)25-32-26-19/h2-10,29H,11H2,1H3,(H2,21,25)(H,24,30)/b22-12+. The summed E-state index contributed by atoms with van der Waals surface area (Å²) >= 11 is 0. The number of hydrogen-bond donors (Lipinski definition) is 3. The van der Waals surface area contributed by atoms with E-state index in [1.807, 2.05) is 18.2 Å². The maximum atomic E-state index is 12.8. The molecule has 4 aromatic rings. The lowest BCUT2D eigenvalue weighted by Gasteiger charge is -2.08. The van der Waals surface area contributed by atoms with Gasteiger partial charge in [-0.1, -0.05) is 23.4 Å². The summed E-state index contributed by atoms with van der Waals surface area (Å²) in [6, 6.07) is 15.4. The Morgan fingerprint density at radius 3 is 2.62 bits per heavy atom. The van der Waals surface area contributed by atoms with Gasteiger partial charge in [-0.25, -0.2) is 10.1 Å². The predicted octanol–water partition coefficient (Wildman–Crippen LogP) is 1.67. The molecule has 0 aliphatic heterocycles. The molecule has 0 atom stereocenters. The van der Waals surface area contributed by atoms with Gasteiger partial charge in [0.25, 0.3) is 5.91 Å². The van der Waals surface area contributed by atoms with Crippen LogP contribution in [0.15, 0.2) is 64.3 Å². The number of phenolic OH excluding ortho intramolecular Hbond substituents is 1. The first-order valence-electron chi connectivity index (χ1n) is 9.38. The number of benzene rings is 2. The number of nitrogens with zero attached hydrogens (tertiary/aromatic N) is 6. The fraction of sp³-hybridized carbons (Fsp3) is 0.100. The van der Waals surface area contributed by atoms with Crippen molar-refractivity contribution in [1.82, 2.24) is 30.7 Å². The number of aromatic hydroxyl groups is 1. The van der Waals surface area contributed by atoms with Gasteiger partial charge in [-0.3, -0.25) is 4.79 Å². The summed E-state index contributed by atoms with van der Waals surface area (Å²) in [4.78, 5) is 12.8. The summed E-state index contributed by atoms with van der Waals surface area (Å²) in [6.45, 7) is 1.65. The van der Waals surface area contributed by atoms with Crippen molar-refractivity contribution in [2.45, 2.75) is 13.5 Å². The number of nitrogens with two attached hydrogens (primary N) is 1. The van der Waals surface area contributed by atoms with Crippen LogP contribution in [-0.4, -0.2) is 42.0 Å². The number of carbonyl (C=O) groups excluding carboxylic acids is 1. The number of ether oxygens (including phenoxy) is 1. The van der Waals surface area contributed by atoms with E-state index in [1.54, 1.807) is 31.2 Å². The van der Waals surface area contributed by atoms with Crippen LogP contribution in [0, 0.1) is 0 Å². The van der Waals surface area contributed by atoms with E-state index in [0.717, 1.165) is 5.56 Å². The summed E-state index contributed by atoms with van der Waals surface area (Å²) in [6.07, 6.45) is 0. The van der Waals surface area contributed by atoms with Gasteiger partial charge in [-0.15, -0.1) is 5.10 Å². The second-order valence-electron chi connectivity index (χ2n) is 6.56. The van der Waals surface area contributed by atoms with Crippen molar-refractivity contribution >= 4 is 17.4 Å². The molecule has 0 spiro atoms. The van der Waals surface area contributed by atoms with Crippen molar-refractivity contribution in [3.8, 4) is 17.3 Å². The molecular formula is C20H18N8O4. The lowest BCUT2D eigenvalue weighted by molar-refractivity contribution is 0.0947. The Balaban J connectivity index is 1.60. The molecule has 0 aliphatic carbocycles. The molecule has 12 heteroatoms. The van der Waals surface area contributed by atoms with Crippen LogP contribution in [0.5, 0.6) is 11.5 Å². The minimum atomic E-state index is -0.615. The molecule has 0 radical (unpaired) electrons. The molecular weight excluding hydrogens is 416 g/mol. The SMILES string of the molecule is C/C(=N\NC(=O)c1nnn(-c2nonc2N)c1COc1ccccc1)c1ccc(O)cc1. The number of hydrogen-bond acceptors (Lipinski definition) is 10. The average molecular weight is 434 g/mol. The van der Waals surface area contributed by atoms with Gasteiger partial charge in [-0.2, -0.15) is 9.78 Å². The van der Waals surface area contributed by atoms with Crippen LogP contribution in [-0.2, 0) is 6.61 Å². The van der Waals surface area contributed by atoms with Crippen molar-refractivity contribution in [2.24, 2.45) is 5.10 Å². The molecule has 2 aromatic heterocycles. The van der Waals surface area contributed by atoms with E-state index in [0.29, 0.717) is 11.5 Å². The number of hydrazone groups is 1. The molecule has 0 unspecified atom stereocenters. The molecule has 0 fully saturated rings. The number of nitrogen functional groups attached to an aromatic ring is 1. The van der Waals surface area contributed by atoms with Crippen LogP contribution >= 0.6 is 0 Å². The van der Waals surface area contributed by atoms with Gasteiger partial charge in [0.1, 0.15) is 23.8 Å². The van der Waals surface area contributed by atoms with Crippen molar-refractivity contribution in [2.75, 3.05) is 5.73 Å². The summed E-state index contributed by atoms with van der Waals surface area (Å²) in [7, 11) is 0. The fourth-order valence-corrected chi connectivity index (χ4v) is 2.74. The highest BCUT2D eigenvalue weighted by atomic mass is 16.6. The Morgan fingerprint density at radius 1 is 1.19 bits per heavy atom. The van der Waals surface area contributed by atoms with Crippen molar-refractivity contribution < 1.29 is 19.3 Å². The van der Waals surface area contributed by atoms with Gasteiger partial charge in [0.2, 0.25) is 11.6 Å². The number of rotatable bonds is 7. The number of para-hydroxylation sites is 1. The number of anilines is 1. The summed E-state index contributed by atoms with van der Waals surface area (Å²) in [5.74, 6) is 0.151. The lowest BCUT2D eigenvalue weighted by atomic mass is 10.1. The fourth-order valence-electron chi connectivity index (χ4n) is 2.74. The van der Waals surface area contributed by atoms with Gasteiger partial charge in [-0.05, 0) is 59.2 Å². The maximum absolute atomic E-state index is 12.8. The highest BCUT2D eigenvalue weighted by Crippen LogP contribution is 2.18. The molecule has 4 N–H and O–H groups in total. The quantitative estimate of drug-likeness (QED) is 0.289. The summed E-state index contributed by atoms with van der Waals surface area (Å²) in [5, 5.41) is 28.6. The number of phenols is 1. The smallest absolute Gasteiger partial charge is 0.293 e. The first-order valence-corrected chi connectivity index (χ1v) is 9.38. The maximum Gasteiger partial charge on any atom is 0.293 e. The molecule has 4 rings (SSSR count). The highest BCUT2D eigenvalue weighted by molar-refractivity contribution is 6.00. The Labute approximate surface area is 181 Å². The summed E-state index contributed by atoms with van der Waals surface area (Å²) < 4.78 is 11.6. The van der Waals surface area contributed by atoms with Crippen LogP contribution in [0.25, 0.3) is 5.82 Å². The zero-order valence-corrected chi connectivity index (χ0v) is 16.8. The van der Waals surface area contributed by atoms with E-state index in [9.17, 15) is 9.90 Å². The molecule has 1 amide bonds. The van der Waals surface area contributed by atoms with Gasteiger partial charge in [0.15, 0.2) is 5.69 Å². The monoisotopic (exact) mass is 434 g/mol. The summed E-state index contributed by atoms with van der Waals surface area (Å²) in [5.41, 5.74) is 9.70. The minimum Gasteiger partial charge on any atom is -0.508 e. The topological polar surface area (TPSA) is 167 Å². The molecule has 12 nitrogen and oxygen atoms in total. The van der Waals surface area contributed by atoms with E-state index in [4.69, 9.17) is 10.5 Å². The first-order chi connectivity index (χ1) is 15.5. The Hall–Kier alpha value is -4.74. The molecule has 0 saturated heterocycles. The van der Waals surface area contributed by atoms with E-state index in [1.165, 1.54) is 16.8 Å². The van der Waals surface area contributed by atoms with Gasteiger partial charge in [0, 0.05) is 0 Å². The van der Waals surface area contributed by atoms with Crippen LogP contribution < -0.4 is 15.9 Å². The van der Waals surface area contributed by atoms with Gasteiger partial charge in [0.05, 0.1) is 5.71 Å². The third kappa shape index (κ3) is 4.38. The molecule has 162 valence electrons. The predicted molar refractivity (Wildman–Crippen MR) is 112 cm³/mol. The van der Waals surface area contributed by atoms with E-state index < -0.39 is 5.91 Å². The molecule has 0 saturated carbocycles. The van der Waals surface area contributed by atoms with Crippen LogP contribution in [0.3, 0.4) is 0 Å². The third-order valence-corrected chi connectivity index (χ3v) is 4.40. The van der Waals surface area contributed by atoms with E-state index in [-0.39, 0.29) is 35.4 Å². The Bertz CT molecular complexity index is 1250. The number of nitrogens with one attached hydrogen (secondary N) is 1. The molecule has 2 aromatic carbocycles. The normalized spacial score (nSPS) is 11.3. The molecule has 2 heterocycles. The zero-order valence-electron chi connectivity index (χ0n) is 16.8. The van der Waals surface area contributed by atoms with Crippen LogP contribution in [0.1, 0.15) is 28.7 Å². The van der Waals surface area contributed by atoms with Gasteiger partial charge < -0.3 is 15.6 Å². The van der Waals surface area contributed by atoms with E-state index >= 15 is 0 Å². The molecule has 0 bridgehead atoms. The second kappa shape index (κ2) is 8.95. The van der Waals surface area contributed by atoms with Crippen molar-refractivity contribution in [3.63, 3.8) is 0 Å². The first kappa shape index (κ1) is 20.5. The minimum absolute atomic E-state index is 0.0241. The zero-order chi connectivity index (χ0) is 22.5. The van der Waals surface area contributed by atoms with Crippen LogP contribution in [0.4, 0.5) is 5.82 Å². The largest absolute Gasteiger partial charge is 0.508 e. The van der Waals surface area contributed by atoms with E-state index in [2.05, 4.69) is 35.8 Å². The molecule has 0 aliphatic rings. The van der Waals surface area contributed by atoms with Crippen LogP contribution in [0.2, 0.25) is 0 Å². The molecule has 32 heavy (non-hydrogen) atoms. The van der Waals surface area contributed by atoms with Gasteiger partial charge >= 0.3 is 0 Å². The highest BCUT2D eigenvalue weighted by Gasteiger charge is 2.24.